The Morgan fingerprint density at radius 1 is 1.31 bits per heavy atom. The van der Waals surface area contributed by atoms with Crippen LogP contribution < -0.4 is 10.2 Å². The number of anilines is 2. The lowest BCUT2D eigenvalue weighted by Gasteiger charge is -2.37. The van der Waals surface area contributed by atoms with Gasteiger partial charge in [-0.3, -0.25) is 9.59 Å². The Labute approximate surface area is 152 Å². The van der Waals surface area contributed by atoms with Crippen molar-refractivity contribution in [1.29, 1.82) is 0 Å². The summed E-state index contributed by atoms with van der Waals surface area (Å²) in [5, 5.41) is 2.90. The van der Waals surface area contributed by atoms with Crippen LogP contribution in [0.2, 0.25) is 0 Å². The summed E-state index contributed by atoms with van der Waals surface area (Å²) in [6, 6.07) is 5.09. The molecule has 2 aromatic rings. The Hall–Kier alpha value is -2.90. The van der Waals surface area contributed by atoms with Crippen molar-refractivity contribution in [2.24, 2.45) is 13.0 Å². The van der Waals surface area contributed by atoms with Crippen LogP contribution in [0.5, 0.6) is 0 Å². The van der Waals surface area contributed by atoms with E-state index in [0.717, 1.165) is 5.82 Å². The number of nitrogens with one attached hydrogen (secondary N) is 1. The fourth-order valence-corrected chi connectivity index (χ4v) is 3.29. The van der Waals surface area contributed by atoms with Gasteiger partial charge in [-0.2, -0.15) is 0 Å². The second kappa shape index (κ2) is 7.15. The molecule has 8 heteroatoms. The summed E-state index contributed by atoms with van der Waals surface area (Å²) < 4.78 is 1.85. The third-order valence-corrected chi connectivity index (χ3v) is 4.76. The molecule has 0 bridgehead atoms. The van der Waals surface area contributed by atoms with Gasteiger partial charge in [-0.15, -0.1) is 0 Å². The average Bonchev–Trinajstić information content (AvgIpc) is 3.03. The highest BCUT2D eigenvalue weighted by molar-refractivity contribution is 5.94. The van der Waals surface area contributed by atoms with Gasteiger partial charge >= 0.3 is 0 Å². The van der Waals surface area contributed by atoms with Crippen LogP contribution >= 0.6 is 0 Å². The largest absolute Gasteiger partial charge is 0.363 e. The minimum atomic E-state index is -0.395. The molecule has 3 heterocycles. The zero-order valence-electron chi connectivity index (χ0n) is 15.5. The molecule has 0 saturated carbocycles. The van der Waals surface area contributed by atoms with E-state index in [2.05, 4.69) is 15.3 Å². The third kappa shape index (κ3) is 3.40. The van der Waals surface area contributed by atoms with Crippen molar-refractivity contribution in [2.75, 3.05) is 31.4 Å². The van der Waals surface area contributed by atoms with Gasteiger partial charge in [0.25, 0.3) is 0 Å². The molecule has 1 aliphatic heterocycles. The zero-order valence-corrected chi connectivity index (χ0v) is 15.5. The summed E-state index contributed by atoms with van der Waals surface area (Å²) in [6.45, 7) is 0. The molecule has 2 aromatic heterocycles. The second-order valence-corrected chi connectivity index (χ2v) is 6.76. The number of likely N-dealkylation sites (tertiary alicyclic amines) is 1. The average molecular weight is 356 g/mol. The highest BCUT2D eigenvalue weighted by Gasteiger charge is 2.41. The smallest absolute Gasteiger partial charge is 0.231 e. The standard InChI is InChI=1S/C18H24N6O2/c1-22(2)14-7-5-6-13(20-14)21-18(26)12-8-9-15(25)24(4)16(12)17-19-10-11-23(17)3/h5-7,10-12,16H,8-9H2,1-4H3,(H,20,21,26)/t12-,16-/m0/s1. The zero-order chi connectivity index (χ0) is 18.8. The van der Waals surface area contributed by atoms with Gasteiger partial charge in [-0.05, 0) is 18.6 Å². The van der Waals surface area contributed by atoms with Gasteiger partial charge in [-0.25, -0.2) is 9.97 Å². The number of nitrogens with zero attached hydrogens (tertiary/aromatic N) is 5. The van der Waals surface area contributed by atoms with E-state index in [1.165, 1.54) is 0 Å². The predicted octanol–water partition coefficient (Wildman–Crippen LogP) is 1.43. The molecule has 138 valence electrons. The van der Waals surface area contributed by atoms with Gasteiger partial charge < -0.3 is 19.7 Å². The molecule has 1 aliphatic rings. The van der Waals surface area contributed by atoms with Crippen molar-refractivity contribution in [3.8, 4) is 0 Å². The Kier molecular flexibility index (Phi) is 4.92. The van der Waals surface area contributed by atoms with E-state index in [-0.39, 0.29) is 17.7 Å². The van der Waals surface area contributed by atoms with E-state index in [0.29, 0.717) is 24.5 Å². The quantitative estimate of drug-likeness (QED) is 0.896. The van der Waals surface area contributed by atoms with E-state index in [4.69, 9.17) is 0 Å². The first kappa shape index (κ1) is 17.9. The summed E-state index contributed by atoms with van der Waals surface area (Å²) in [4.78, 5) is 37.5. The first-order valence-corrected chi connectivity index (χ1v) is 8.56. The molecule has 26 heavy (non-hydrogen) atoms. The van der Waals surface area contributed by atoms with Gasteiger partial charge in [0.2, 0.25) is 11.8 Å². The predicted molar refractivity (Wildman–Crippen MR) is 98.6 cm³/mol. The molecule has 0 aliphatic carbocycles. The first-order chi connectivity index (χ1) is 12.4. The van der Waals surface area contributed by atoms with Crippen LogP contribution in [0.3, 0.4) is 0 Å². The van der Waals surface area contributed by atoms with Gasteiger partial charge in [0.15, 0.2) is 0 Å². The molecule has 0 aromatic carbocycles. The van der Waals surface area contributed by atoms with E-state index >= 15 is 0 Å². The summed E-state index contributed by atoms with van der Waals surface area (Å²) in [7, 11) is 7.39. The second-order valence-electron chi connectivity index (χ2n) is 6.76. The highest BCUT2D eigenvalue weighted by atomic mass is 16.2. The highest BCUT2D eigenvalue weighted by Crippen LogP contribution is 2.35. The first-order valence-electron chi connectivity index (χ1n) is 8.56. The van der Waals surface area contributed by atoms with Crippen LogP contribution in [0.25, 0.3) is 0 Å². The number of aromatic nitrogens is 3. The van der Waals surface area contributed by atoms with Crippen LogP contribution in [0.1, 0.15) is 24.7 Å². The maximum atomic E-state index is 13.0. The van der Waals surface area contributed by atoms with Crippen LogP contribution in [0.4, 0.5) is 11.6 Å². The Balaban J connectivity index is 1.85. The van der Waals surface area contributed by atoms with Crippen LogP contribution in [-0.2, 0) is 16.6 Å². The minimum absolute atomic E-state index is 0.0229. The molecule has 0 unspecified atom stereocenters. The van der Waals surface area contributed by atoms with Crippen molar-refractivity contribution < 1.29 is 9.59 Å². The molecule has 8 nitrogen and oxygen atoms in total. The van der Waals surface area contributed by atoms with Crippen molar-refractivity contribution in [1.82, 2.24) is 19.4 Å². The number of piperidine rings is 1. The van der Waals surface area contributed by atoms with Gasteiger partial charge in [-0.1, -0.05) is 6.07 Å². The van der Waals surface area contributed by atoms with E-state index < -0.39 is 6.04 Å². The van der Waals surface area contributed by atoms with Crippen molar-refractivity contribution in [3.63, 3.8) is 0 Å². The summed E-state index contributed by atoms with van der Waals surface area (Å²) in [6.07, 6.45) is 4.33. The van der Waals surface area contributed by atoms with Crippen molar-refractivity contribution in [2.45, 2.75) is 18.9 Å². The lowest BCUT2D eigenvalue weighted by atomic mass is 9.87. The minimum Gasteiger partial charge on any atom is -0.363 e. The molecule has 1 N–H and O–H groups in total. The topological polar surface area (TPSA) is 83.4 Å². The maximum absolute atomic E-state index is 13.0. The summed E-state index contributed by atoms with van der Waals surface area (Å²) in [5.41, 5.74) is 0. The molecule has 2 amide bonds. The number of hydrogen-bond acceptors (Lipinski definition) is 5. The molecule has 3 rings (SSSR count). The molecular formula is C18H24N6O2. The molecule has 0 radical (unpaired) electrons. The summed E-state index contributed by atoms with van der Waals surface area (Å²) >= 11 is 0. The van der Waals surface area contributed by atoms with Gasteiger partial charge in [0.1, 0.15) is 23.5 Å². The number of aryl methyl sites for hydroxylation is 1. The summed E-state index contributed by atoms with van der Waals surface area (Å²) in [5.74, 6) is 1.45. The third-order valence-electron chi connectivity index (χ3n) is 4.76. The number of rotatable bonds is 4. The maximum Gasteiger partial charge on any atom is 0.231 e. The SMILES string of the molecule is CN(C)c1cccc(NC(=O)[C@H]2CCC(=O)N(C)[C@@H]2c2nccn2C)n1. The normalized spacial score (nSPS) is 20.2. The number of carbonyl (C=O) groups is 2. The van der Waals surface area contributed by atoms with E-state index in [1.807, 2.05) is 48.9 Å². The van der Waals surface area contributed by atoms with Crippen LogP contribution in [-0.4, -0.2) is 52.4 Å². The Morgan fingerprint density at radius 3 is 2.73 bits per heavy atom. The Morgan fingerprint density at radius 2 is 2.08 bits per heavy atom. The van der Waals surface area contributed by atoms with Crippen molar-refractivity contribution >= 4 is 23.5 Å². The fourth-order valence-electron chi connectivity index (χ4n) is 3.29. The van der Waals surface area contributed by atoms with Gasteiger partial charge in [0.05, 0.1) is 5.92 Å². The molecule has 1 fully saturated rings. The lowest BCUT2D eigenvalue weighted by Crippen LogP contribution is -2.45. The fraction of sp³-hybridized carbons (Fsp3) is 0.444. The molecular weight excluding hydrogens is 332 g/mol. The number of carbonyl (C=O) groups excluding carboxylic acids is 2. The van der Waals surface area contributed by atoms with E-state index in [9.17, 15) is 9.59 Å². The number of pyridine rings is 1. The van der Waals surface area contributed by atoms with E-state index in [1.54, 1.807) is 24.2 Å². The van der Waals surface area contributed by atoms with Gasteiger partial charge in [0, 0.05) is 47.0 Å². The number of hydrogen-bond donors (Lipinski definition) is 1. The van der Waals surface area contributed by atoms with Crippen LogP contribution in [0, 0.1) is 5.92 Å². The Bertz CT molecular complexity index is 816. The molecule has 2 atom stereocenters. The lowest BCUT2D eigenvalue weighted by molar-refractivity contribution is -0.140. The van der Waals surface area contributed by atoms with Crippen molar-refractivity contribution in [3.05, 3.63) is 36.4 Å². The molecule has 1 saturated heterocycles. The number of imidazole rings is 1. The number of amides is 2. The van der Waals surface area contributed by atoms with Crippen LogP contribution in [0.15, 0.2) is 30.6 Å². The molecule has 0 spiro atoms. The monoisotopic (exact) mass is 356 g/mol.